The first-order valence-electron chi connectivity index (χ1n) is 6.83. The van der Waals surface area contributed by atoms with E-state index in [2.05, 4.69) is 10.0 Å². The fourth-order valence-electron chi connectivity index (χ4n) is 1.88. The molecule has 118 valence electrons. The third kappa shape index (κ3) is 4.44. The van der Waals surface area contributed by atoms with Crippen molar-refractivity contribution in [2.24, 2.45) is 0 Å². The van der Waals surface area contributed by atoms with Crippen molar-refractivity contribution in [1.82, 2.24) is 10.0 Å². The largest absolute Gasteiger partial charge is 0.469 e. The number of hydrogen-bond acceptors (Lipinski definition) is 4. The number of hydrogen-bond donors (Lipinski definition) is 2. The summed E-state index contributed by atoms with van der Waals surface area (Å²) in [5, 5.41) is 2.79. The summed E-state index contributed by atoms with van der Waals surface area (Å²) in [6.07, 6.45) is 2.48. The number of benzene rings is 1. The molecule has 6 nitrogen and oxygen atoms in total. The highest BCUT2D eigenvalue weighted by Crippen LogP contribution is 2.10. The van der Waals surface area contributed by atoms with Crippen LogP contribution in [-0.2, 0) is 27.8 Å². The molecule has 2 N–H and O–H groups in total. The summed E-state index contributed by atoms with van der Waals surface area (Å²) in [4.78, 5) is 11.9. The van der Waals surface area contributed by atoms with Gasteiger partial charge in [-0.25, -0.2) is 13.1 Å². The molecule has 7 heteroatoms. The zero-order valence-corrected chi connectivity index (χ0v) is 13.0. The molecule has 0 atom stereocenters. The van der Waals surface area contributed by atoms with Crippen LogP contribution >= 0.6 is 0 Å². The zero-order valence-electron chi connectivity index (χ0n) is 12.2. The summed E-state index contributed by atoms with van der Waals surface area (Å²) in [7, 11) is -2.06. The Labute approximate surface area is 129 Å². The molecular weight excluding hydrogens is 304 g/mol. The SMILES string of the molecule is CNS(=O)(=O)c1ccc(CNC(=O)CCc2ccco2)cc1. The summed E-state index contributed by atoms with van der Waals surface area (Å²) < 4.78 is 30.6. The maximum atomic E-state index is 11.7. The number of sulfonamides is 1. The molecule has 1 aromatic heterocycles. The van der Waals surface area contributed by atoms with Crippen LogP contribution in [0.15, 0.2) is 52.0 Å². The molecule has 0 aliphatic heterocycles. The van der Waals surface area contributed by atoms with E-state index in [4.69, 9.17) is 4.42 Å². The highest BCUT2D eigenvalue weighted by atomic mass is 32.2. The monoisotopic (exact) mass is 322 g/mol. The van der Waals surface area contributed by atoms with Gasteiger partial charge in [0.2, 0.25) is 15.9 Å². The number of amides is 1. The lowest BCUT2D eigenvalue weighted by molar-refractivity contribution is -0.121. The Morgan fingerprint density at radius 2 is 1.91 bits per heavy atom. The summed E-state index contributed by atoms with van der Waals surface area (Å²) >= 11 is 0. The molecule has 0 aliphatic rings. The number of carbonyl (C=O) groups excluding carboxylic acids is 1. The highest BCUT2D eigenvalue weighted by Gasteiger charge is 2.10. The van der Waals surface area contributed by atoms with E-state index in [0.29, 0.717) is 19.4 Å². The van der Waals surface area contributed by atoms with Gasteiger partial charge in [0.25, 0.3) is 0 Å². The van der Waals surface area contributed by atoms with Gasteiger partial charge in [-0.1, -0.05) is 12.1 Å². The van der Waals surface area contributed by atoms with Gasteiger partial charge < -0.3 is 9.73 Å². The minimum Gasteiger partial charge on any atom is -0.469 e. The van der Waals surface area contributed by atoms with Crippen LogP contribution in [0.4, 0.5) is 0 Å². The summed E-state index contributed by atoms with van der Waals surface area (Å²) in [5.74, 6) is 0.695. The molecule has 2 rings (SSSR count). The van der Waals surface area contributed by atoms with Gasteiger partial charge in [0.1, 0.15) is 5.76 Å². The standard InChI is InChI=1S/C15H18N2O4S/c1-16-22(19,20)14-7-4-12(5-8-14)11-17-15(18)9-6-13-3-2-10-21-13/h2-5,7-8,10,16H,6,9,11H2,1H3,(H,17,18). The first-order chi connectivity index (χ1) is 10.5. The van der Waals surface area contributed by atoms with Crippen molar-refractivity contribution < 1.29 is 17.6 Å². The third-order valence-electron chi connectivity index (χ3n) is 3.17. The Bertz CT molecular complexity index is 707. The lowest BCUT2D eigenvalue weighted by atomic mass is 10.2. The Morgan fingerprint density at radius 1 is 1.18 bits per heavy atom. The van der Waals surface area contributed by atoms with Crippen LogP contribution in [0.2, 0.25) is 0 Å². The summed E-state index contributed by atoms with van der Waals surface area (Å²) in [6, 6.07) is 9.99. The van der Waals surface area contributed by atoms with Crippen molar-refractivity contribution in [3.63, 3.8) is 0 Å². The Kier molecular flexibility index (Phi) is 5.35. The van der Waals surface area contributed by atoms with Crippen molar-refractivity contribution in [3.05, 3.63) is 54.0 Å². The molecule has 22 heavy (non-hydrogen) atoms. The minimum atomic E-state index is -3.43. The van der Waals surface area contributed by atoms with Crippen molar-refractivity contribution in [3.8, 4) is 0 Å². The first kappa shape index (κ1) is 16.3. The zero-order chi connectivity index (χ0) is 16.0. The molecule has 0 radical (unpaired) electrons. The van der Waals surface area contributed by atoms with Gasteiger partial charge in [-0.3, -0.25) is 4.79 Å². The van der Waals surface area contributed by atoms with Crippen molar-refractivity contribution in [1.29, 1.82) is 0 Å². The van der Waals surface area contributed by atoms with Crippen molar-refractivity contribution in [2.75, 3.05) is 7.05 Å². The molecule has 0 spiro atoms. The molecule has 0 saturated carbocycles. The van der Waals surface area contributed by atoms with Gasteiger partial charge in [-0.15, -0.1) is 0 Å². The van der Waals surface area contributed by atoms with Crippen LogP contribution in [0.1, 0.15) is 17.7 Å². The van der Waals surface area contributed by atoms with E-state index < -0.39 is 10.0 Å². The average molecular weight is 322 g/mol. The van der Waals surface area contributed by atoms with E-state index in [1.165, 1.54) is 19.2 Å². The van der Waals surface area contributed by atoms with E-state index in [9.17, 15) is 13.2 Å². The van der Waals surface area contributed by atoms with E-state index in [1.807, 2.05) is 6.07 Å². The highest BCUT2D eigenvalue weighted by molar-refractivity contribution is 7.89. The Balaban J connectivity index is 1.82. The van der Waals surface area contributed by atoms with Gasteiger partial charge in [0.05, 0.1) is 11.2 Å². The van der Waals surface area contributed by atoms with Crippen LogP contribution in [0.5, 0.6) is 0 Å². The second-order valence-corrected chi connectivity index (χ2v) is 6.59. The third-order valence-corrected chi connectivity index (χ3v) is 4.60. The Morgan fingerprint density at radius 3 is 2.50 bits per heavy atom. The molecule has 0 bridgehead atoms. The molecule has 1 heterocycles. The maximum Gasteiger partial charge on any atom is 0.240 e. The second-order valence-electron chi connectivity index (χ2n) is 4.71. The number of nitrogens with one attached hydrogen (secondary N) is 2. The van der Waals surface area contributed by atoms with Gasteiger partial charge in [-0.2, -0.15) is 0 Å². The lowest BCUT2D eigenvalue weighted by Crippen LogP contribution is -2.23. The number of furan rings is 1. The van der Waals surface area contributed by atoms with Gasteiger partial charge >= 0.3 is 0 Å². The van der Waals surface area contributed by atoms with Crippen molar-refractivity contribution >= 4 is 15.9 Å². The molecule has 0 unspecified atom stereocenters. The molecule has 2 aromatic rings. The quantitative estimate of drug-likeness (QED) is 0.807. The topological polar surface area (TPSA) is 88.4 Å². The van der Waals surface area contributed by atoms with Crippen LogP contribution in [-0.4, -0.2) is 21.4 Å². The maximum absolute atomic E-state index is 11.7. The molecule has 0 aliphatic carbocycles. The molecular formula is C15H18N2O4S. The predicted molar refractivity (Wildman–Crippen MR) is 81.6 cm³/mol. The van der Waals surface area contributed by atoms with Gasteiger partial charge in [0, 0.05) is 19.4 Å². The van der Waals surface area contributed by atoms with Gasteiger partial charge in [-0.05, 0) is 36.9 Å². The number of carbonyl (C=O) groups is 1. The van der Waals surface area contributed by atoms with E-state index in [0.717, 1.165) is 11.3 Å². The molecule has 0 fully saturated rings. The molecule has 0 saturated heterocycles. The van der Waals surface area contributed by atoms with Crippen molar-refractivity contribution in [2.45, 2.75) is 24.3 Å². The normalized spacial score (nSPS) is 11.3. The minimum absolute atomic E-state index is 0.0803. The fraction of sp³-hybridized carbons (Fsp3) is 0.267. The summed E-state index contributed by atoms with van der Waals surface area (Å²) in [5.41, 5.74) is 0.835. The second kappa shape index (κ2) is 7.24. The number of rotatable bonds is 7. The van der Waals surface area contributed by atoms with Gasteiger partial charge in [0.15, 0.2) is 0 Å². The molecule has 1 aromatic carbocycles. The Hall–Kier alpha value is -2.12. The summed E-state index contributed by atoms with van der Waals surface area (Å²) in [6.45, 7) is 0.358. The van der Waals surface area contributed by atoms with Crippen LogP contribution in [0.3, 0.4) is 0 Å². The smallest absolute Gasteiger partial charge is 0.240 e. The first-order valence-corrected chi connectivity index (χ1v) is 8.31. The van der Waals surface area contributed by atoms with E-state index >= 15 is 0 Å². The molecule has 1 amide bonds. The number of aryl methyl sites for hydroxylation is 1. The fourth-order valence-corrected chi connectivity index (χ4v) is 2.61. The predicted octanol–water partition coefficient (Wildman–Crippen LogP) is 1.44. The van der Waals surface area contributed by atoms with E-state index in [-0.39, 0.29) is 10.8 Å². The van der Waals surface area contributed by atoms with E-state index in [1.54, 1.807) is 24.5 Å². The average Bonchev–Trinajstić information content (AvgIpc) is 3.05. The van der Waals surface area contributed by atoms with Crippen LogP contribution in [0.25, 0.3) is 0 Å². The van der Waals surface area contributed by atoms with Crippen LogP contribution in [0, 0.1) is 0 Å². The van der Waals surface area contributed by atoms with Crippen LogP contribution < -0.4 is 10.0 Å². The lowest BCUT2D eigenvalue weighted by Gasteiger charge is -2.06.